The average Bonchev–Trinajstić information content (AvgIpc) is 2.65. The molecule has 0 spiro atoms. The van der Waals surface area contributed by atoms with Crippen molar-refractivity contribution in [3.05, 3.63) is 32.9 Å². The van der Waals surface area contributed by atoms with Gasteiger partial charge in [0.25, 0.3) is 0 Å². The van der Waals surface area contributed by atoms with Crippen LogP contribution in [0.3, 0.4) is 0 Å². The molecule has 82 valence electrons. The number of rotatable bonds is 5. The molecular weight excluding hydrogens is 215 g/mol. The predicted octanol–water partition coefficient (Wildman–Crippen LogP) is -1.00. The van der Waals surface area contributed by atoms with Crippen LogP contribution in [0.5, 0.6) is 0 Å². The topological polar surface area (TPSA) is 129 Å². The molecule has 0 amide bonds. The van der Waals surface area contributed by atoms with Crippen LogP contribution in [0.4, 0.5) is 4.39 Å². The third-order valence-electron chi connectivity index (χ3n) is 1.46. The molecule has 0 fully saturated rings. The van der Waals surface area contributed by atoms with Crippen molar-refractivity contribution < 1.29 is 14.2 Å². The van der Waals surface area contributed by atoms with Gasteiger partial charge in [0.2, 0.25) is 6.54 Å². The van der Waals surface area contributed by atoms with Crippen LogP contribution < -0.4 is 5.43 Å². The van der Waals surface area contributed by atoms with E-state index >= 15 is 0 Å². The lowest BCUT2D eigenvalue weighted by molar-refractivity contribution is -0.826. The number of hydrogen-bond acceptors (Lipinski definition) is 7. The summed E-state index contributed by atoms with van der Waals surface area (Å²) in [5.41, 5.74) is 2.06. The number of nitrogens with one attached hydrogen (secondary N) is 1. The van der Waals surface area contributed by atoms with Crippen molar-refractivity contribution >= 4 is 0 Å². The van der Waals surface area contributed by atoms with Gasteiger partial charge < -0.3 is 5.43 Å². The number of nitro groups is 2. The average molecular weight is 220 g/mol. The molecule has 1 aromatic rings. The van der Waals surface area contributed by atoms with Gasteiger partial charge in [0.05, 0.1) is 0 Å². The molecule has 0 aliphatic carbocycles. The van der Waals surface area contributed by atoms with Gasteiger partial charge in [0.15, 0.2) is 0 Å². The highest BCUT2D eigenvalue weighted by atomic mass is 19.2. The zero-order valence-corrected chi connectivity index (χ0v) is 7.11. The summed E-state index contributed by atoms with van der Waals surface area (Å²) in [7, 11) is 0. The molecule has 0 atom stereocenters. The Kier molecular flexibility index (Phi) is 2.73. The van der Waals surface area contributed by atoms with Crippen molar-refractivity contribution in [2.75, 3.05) is 12.0 Å². The lowest BCUT2D eigenvalue weighted by Gasteiger charge is -2.09. The highest BCUT2D eigenvalue weighted by molar-refractivity contribution is 4.74. The quantitative estimate of drug-likeness (QED) is 0.291. The zero-order valence-electron chi connectivity index (χ0n) is 7.11. The fraction of sp³-hybridized carbons (Fsp3) is 0.500. The second-order valence-corrected chi connectivity index (χ2v) is 2.44. The molecule has 1 heterocycles. The summed E-state index contributed by atoms with van der Waals surface area (Å²) in [4.78, 5) is 17.0. The van der Waals surface area contributed by atoms with Crippen molar-refractivity contribution in [3.8, 4) is 0 Å². The second kappa shape index (κ2) is 3.81. The van der Waals surface area contributed by atoms with Crippen LogP contribution in [-0.4, -0.2) is 37.2 Å². The maximum Gasteiger partial charge on any atom is 0.633 e. The van der Waals surface area contributed by atoms with Crippen molar-refractivity contribution in [3.63, 3.8) is 0 Å². The van der Waals surface area contributed by atoms with Gasteiger partial charge in [0.1, 0.15) is 22.5 Å². The first-order chi connectivity index (χ1) is 6.97. The first kappa shape index (κ1) is 10.7. The van der Waals surface area contributed by atoms with Gasteiger partial charge in [-0.2, -0.15) is 0 Å². The normalized spacial score (nSPS) is 11.0. The van der Waals surface area contributed by atoms with Crippen LogP contribution in [0.25, 0.3) is 0 Å². The van der Waals surface area contributed by atoms with E-state index in [9.17, 15) is 24.6 Å². The first-order valence-electron chi connectivity index (χ1n) is 3.53. The van der Waals surface area contributed by atoms with E-state index in [0.29, 0.717) is 0 Å². The fourth-order valence-electron chi connectivity index (χ4n) is 0.670. The lowest BCUT2D eigenvalue weighted by Crippen LogP contribution is -2.49. The van der Waals surface area contributed by atoms with Crippen LogP contribution in [0.2, 0.25) is 0 Å². The second-order valence-electron chi connectivity index (χ2n) is 2.44. The van der Waals surface area contributed by atoms with E-state index in [-0.39, 0.29) is 0 Å². The van der Waals surface area contributed by atoms with Gasteiger partial charge in [-0.05, 0) is 0 Å². The van der Waals surface area contributed by atoms with Gasteiger partial charge in [-0.25, -0.2) is 4.68 Å². The SMILES string of the molecule is O=[N+]([O-])C(F)(CNn1cnnc1)[N+](=O)[O-]. The van der Waals surface area contributed by atoms with E-state index in [1.54, 1.807) is 0 Å². The molecule has 1 rings (SSSR count). The Balaban J connectivity index is 2.69. The molecule has 1 N–H and O–H groups in total. The molecule has 0 saturated carbocycles. The fourth-order valence-corrected chi connectivity index (χ4v) is 0.670. The Bertz CT molecular complexity index is 351. The van der Waals surface area contributed by atoms with Gasteiger partial charge in [-0.15, -0.1) is 10.2 Å². The molecule has 0 unspecified atom stereocenters. The number of aromatic nitrogens is 3. The Morgan fingerprint density at radius 1 is 1.33 bits per heavy atom. The molecular formula is C4H5FN6O4. The van der Waals surface area contributed by atoms with Crippen LogP contribution >= 0.6 is 0 Å². The molecule has 11 heteroatoms. The molecule has 0 bridgehead atoms. The Hall–Kier alpha value is -2.33. The van der Waals surface area contributed by atoms with E-state index < -0.39 is 22.3 Å². The minimum absolute atomic E-state index is 0.960. The van der Waals surface area contributed by atoms with E-state index in [4.69, 9.17) is 0 Å². The summed E-state index contributed by atoms with van der Waals surface area (Å²) in [5, 5.41) is 26.9. The Morgan fingerprint density at radius 2 is 1.80 bits per heavy atom. The third-order valence-corrected chi connectivity index (χ3v) is 1.46. The highest BCUT2D eigenvalue weighted by Crippen LogP contribution is 2.11. The molecule has 0 aliphatic heterocycles. The summed E-state index contributed by atoms with van der Waals surface area (Å²) in [5.74, 6) is -3.77. The van der Waals surface area contributed by atoms with Crippen LogP contribution in [-0.2, 0) is 0 Å². The standard InChI is InChI=1S/C4H5FN6O4/c5-4(10(12)13,11(14)15)1-8-9-2-6-7-3-9/h2-3,8H,1H2. The summed E-state index contributed by atoms with van der Waals surface area (Å²) in [6, 6.07) is 0. The van der Waals surface area contributed by atoms with Gasteiger partial charge in [-0.1, -0.05) is 4.39 Å². The molecule has 0 saturated heterocycles. The summed E-state index contributed by atoms with van der Waals surface area (Å²) in [6.07, 6.45) is 2.14. The minimum atomic E-state index is -3.77. The molecule has 0 radical (unpaired) electrons. The lowest BCUT2D eigenvalue weighted by atomic mass is 10.5. The maximum absolute atomic E-state index is 13.1. The first-order valence-corrected chi connectivity index (χ1v) is 3.53. The van der Waals surface area contributed by atoms with Crippen molar-refractivity contribution in [1.82, 2.24) is 14.9 Å². The van der Waals surface area contributed by atoms with Gasteiger partial charge in [0, 0.05) is 0 Å². The predicted molar refractivity (Wildman–Crippen MR) is 42.1 cm³/mol. The molecule has 0 aliphatic rings. The molecule has 10 nitrogen and oxygen atoms in total. The van der Waals surface area contributed by atoms with Crippen LogP contribution in [0.1, 0.15) is 0 Å². The molecule has 1 aromatic heterocycles. The van der Waals surface area contributed by atoms with Crippen LogP contribution in [0.15, 0.2) is 12.7 Å². The highest BCUT2D eigenvalue weighted by Gasteiger charge is 2.58. The summed E-state index contributed by atoms with van der Waals surface area (Å²) >= 11 is 0. The number of halogens is 1. The maximum atomic E-state index is 13.1. The van der Waals surface area contributed by atoms with E-state index in [0.717, 1.165) is 17.3 Å². The minimum Gasteiger partial charge on any atom is -0.306 e. The molecule has 15 heavy (non-hydrogen) atoms. The Labute approximate surface area is 81.0 Å². The Morgan fingerprint density at radius 3 is 2.20 bits per heavy atom. The van der Waals surface area contributed by atoms with E-state index in [1.165, 1.54) is 0 Å². The van der Waals surface area contributed by atoms with Gasteiger partial charge >= 0.3 is 5.92 Å². The van der Waals surface area contributed by atoms with Crippen molar-refractivity contribution in [1.29, 1.82) is 0 Å². The van der Waals surface area contributed by atoms with E-state index in [1.807, 2.05) is 0 Å². The third kappa shape index (κ3) is 2.12. The van der Waals surface area contributed by atoms with E-state index in [2.05, 4.69) is 15.6 Å². The van der Waals surface area contributed by atoms with Crippen molar-refractivity contribution in [2.45, 2.75) is 5.92 Å². The molecule has 0 aromatic carbocycles. The smallest absolute Gasteiger partial charge is 0.306 e. The number of alkyl halides is 1. The summed E-state index contributed by atoms with van der Waals surface area (Å²) in [6.45, 7) is -1.13. The van der Waals surface area contributed by atoms with Crippen molar-refractivity contribution in [2.24, 2.45) is 0 Å². The zero-order chi connectivity index (χ0) is 11.5. The number of nitrogens with zero attached hydrogens (tertiary/aromatic N) is 5. The number of hydrogen-bond donors (Lipinski definition) is 1. The largest absolute Gasteiger partial charge is 0.633 e. The monoisotopic (exact) mass is 220 g/mol. The van der Waals surface area contributed by atoms with Gasteiger partial charge in [-0.3, -0.25) is 20.2 Å². The summed E-state index contributed by atoms with van der Waals surface area (Å²) < 4.78 is 14.1. The van der Waals surface area contributed by atoms with Crippen LogP contribution in [0, 0.1) is 20.2 Å².